The first-order valence-electron chi connectivity index (χ1n) is 10.4. The first kappa shape index (κ1) is 18.0. The van der Waals surface area contributed by atoms with Crippen LogP contribution in [0.2, 0.25) is 0 Å². The molecule has 3 aromatic rings. The highest BCUT2D eigenvalue weighted by Gasteiger charge is 2.28. The standard InChI is InChI=1S/C22H26N4OS/c1-2-27-14-15-6-5-11-26(13-15)21-19-17-8-3-9-18(17)28-22(19)25-20(24-21)16-7-4-10-23-12-16/h4,7,10,12,15H,2-3,5-6,8-9,11,13-14H2,1H3. The molecule has 0 amide bonds. The number of rotatable bonds is 5. The van der Waals surface area contributed by atoms with Crippen LogP contribution in [0.15, 0.2) is 24.5 Å². The summed E-state index contributed by atoms with van der Waals surface area (Å²) >= 11 is 1.87. The molecule has 1 atom stereocenters. The fourth-order valence-electron chi connectivity index (χ4n) is 4.51. The van der Waals surface area contributed by atoms with Gasteiger partial charge in [0.2, 0.25) is 0 Å². The zero-order valence-electron chi connectivity index (χ0n) is 16.4. The number of anilines is 1. The molecular weight excluding hydrogens is 368 g/mol. The maximum absolute atomic E-state index is 5.73. The average Bonchev–Trinajstić information content (AvgIpc) is 3.33. The fraction of sp³-hybridized carbons (Fsp3) is 0.500. The van der Waals surface area contributed by atoms with Crippen LogP contribution in [0.4, 0.5) is 5.82 Å². The maximum atomic E-state index is 5.73. The molecular formula is C22H26N4OS. The highest BCUT2D eigenvalue weighted by Crippen LogP contribution is 2.42. The topological polar surface area (TPSA) is 51.1 Å². The Morgan fingerprint density at radius 2 is 2.21 bits per heavy atom. The van der Waals surface area contributed by atoms with E-state index in [1.54, 1.807) is 6.20 Å². The van der Waals surface area contributed by atoms with Crippen molar-refractivity contribution in [1.82, 2.24) is 15.0 Å². The van der Waals surface area contributed by atoms with Gasteiger partial charge in [0.15, 0.2) is 5.82 Å². The summed E-state index contributed by atoms with van der Waals surface area (Å²) in [5.74, 6) is 2.50. The number of nitrogens with zero attached hydrogens (tertiary/aromatic N) is 4. The molecule has 5 nitrogen and oxygen atoms in total. The fourth-order valence-corrected chi connectivity index (χ4v) is 5.76. The van der Waals surface area contributed by atoms with Gasteiger partial charge in [0, 0.05) is 42.5 Å². The molecule has 1 saturated heterocycles. The number of piperidine rings is 1. The van der Waals surface area contributed by atoms with Crippen LogP contribution in [0.5, 0.6) is 0 Å². The van der Waals surface area contributed by atoms with Crippen molar-refractivity contribution in [1.29, 1.82) is 0 Å². The quantitative estimate of drug-likeness (QED) is 0.638. The molecule has 0 saturated carbocycles. The largest absolute Gasteiger partial charge is 0.381 e. The predicted octanol–water partition coefficient (Wildman–Crippen LogP) is 4.49. The number of aromatic nitrogens is 3. The van der Waals surface area contributed by atoms with Crippen molar-refractivity contribution >= 4 is 27.4 Å². The number of pyridine rings is 1. The normalized spacial score (nSPS) is 19.3. The average molecular weight is 395 g/mol. The molecule has 5 rings (SSSR count). The molecule has 0 N–H and O–H groups in total. The number of ether oxygens (including phenoxy) is 1. The lowest BCUT2D eigenvalue weighted by atomic mass is 9.98. The highest BCUT2D eigenvalue weighted by molar-refractivity contribution is 7.19. The van der Waals surface area contributed by atoms with Crippen LogP contribution < -0.4 is 4.90 Å². The van der Waals surface area contributed by atoms with Crippen LogP contribution in [-0.2, 0) is 17.6 Å². The van der Waals surface area contributed by atoms with Gasteiger partial charge in [-0.15, -0.1) is 11.3 Å². The second-order valence-electron chi connectivity index (χ2n) is 7.76. The summed E-state index contributed by atoms with van der Waals surface area (Å²) in [4.78, 5) is 19.5. The van der Waals surface area contributed by atoms with Crippen molar-refractivity contribution in [3.05, 3.63) is 35.0 Å². The van der Waals surface area contributed by atoms with Gasteiger partial charge in [-0.2, -0.15) is 0 Å². The van der Waals surface area contributed by atoms with E-state index in [1.165, 1.54) is 41.5 Å². The Hall–Kier alpha value is -2.05. The predicted molar refractivity (Wildman–Crippen MR) is 114 cm³/mol. The molecule has 0 radical (unpaired) electrons. The van der Waals surface area contributed by atoms with Crippen molar-refractivity contribution in [3.8, 4) is 11.4 Å². The van der Waals surface area contributed by atoms with Crippen molar-refractivity contribution < 1.29 is 4.74 Å². The van der Waals surface area contributed by atoms with E-state index >= 15 is 0 Å². The minimum absolute atomic E-state index is 0.576. The van der Waals surface area contributed by atoms with E-state index in [4.69, 9.17) is 14.7 Å². The van der Waals surface area contributed by atoms with E-state index in [0.29, 0.717) is 5.92 Å². The molecule has 146 valence electrons. The van der Waals surface area contributed by atoms with Crippen molar-refractivity contribution in [2.24, 2.45) is 5.92 Å². The van der Waals surface area contributed by atoms with Crippen LogP contribution in [0.3, 0.4) is 0 Å². The Kier molecular flexibility index (Phi) is 4.99. The minimum Gasteiger partial charge on any atom is -0.381 e. The number of thiophene rings is 1. The third-order valence-electron chi connectivity index (χ3n) is 5.84. The first-order valence-corrected chi connectivity index (χ1v) is 11.2. The lowest BCUT2D eigenvalue weighted by Gasteiger charge is -2.34. The van der Waals surface area contributed by atoms with Gasteiger partial charge in [-0.3, -0.25) is 4.98 Å². The van der Waals surface area contributed by atoms with Crippen LogP contribution in [0.25, 0.3) is 21.6 Å². The SMILES string of the molecule is CCOCC1CCCN(c2nc(-c3cccnc3)nc3sc4c(c23)CCC4)C1. The Morgan fingerprint density at radius 1 is 1.25 bits per heavy atom. The van der Waals surface area contributed by atoms with Crippen LogP contribution in [0, 0.1) is 5.92 Å². The van der Waals surface area contributed by atoms with E-state index < -0.39 is 0 Å². The molecule has 1 fully saturated rings. The number of aryl methyl sites for hydroxylation is 2. The second kappa shape index (κ2) is 7.76. The third kappa shape index (κ3) is 3.29. The number of hydrogen-bond acceptors (Lipinski definition) is 6. The number of hydrogen-bond donors (Lipinski definition) is 0. The van der Waals surface area contributed by atoms with E-state index in [0.717, 1.165) is 54.8 Å². The molecule has 2 aliphatic rings. The highest BCUT2D eigenvalue weighted by atomic mass is 32.1. The molecule has 28 heavy (non-hydrogen) atoms. The summed E-state index contributed by atoms with van der Waals surface area (Å²) in [6, 6.07) is 4.00. The van der Waals surface area contributed by atoms with Gasteiger partial charge in [0.25, 0.3) is 0 Å². The summed E-state index contributed by atoms with van der Waals surface area (Å²) in [6.45, 7) is 5.79. The van der Waals surface area contributed by atoms with E-state index in [1.807, 2.05) is 29.7 Å². The van der Waals surface area contributed by atoms with Crippen molar-refractivity contribution in [2.45, 2.75) is 39.0 Å². The summed E-state index contributed by atoms with van der Waals surface area (Å²) < 4.78 is 5.73. The molecule has 0 bridgehead atoms. The molecule has 1 aliphatic heterocycles. The Morgan fingerprint density at radius 3 is 3.07 bits per heavy atom. The summed E-state index contributed by atoms with van der Waals surface area (Å²) in [5, 5.41) is 1.31. The monoisotopic (exact) mass is 394 g/mol. The molecule has 0 aromatic carbocycles. The van der Waals surface area contributed by atoms with Gasteiger partial charge in [-0.05, 0) is 62.6 Å². The van der Waals surface area contributed by atoms with E-state index in [2.05, 4.69) is 16.8 Å². The van der Waals surface area contributed by atoms with Crippen LogP contribution in [-0.4, -0.2) is 41.3 Å². The summed E-state index contributed by atoms with van der Waals surface area (Å²) in [6.07, 6.45) is 9.69. The van der Waals surface area contributed by atoms with Gasteiger partial charge in [0.1, 0.15) is 10.6 Å². The Balaban J connectivity index is 1.59. The molecule has 0 spiro atoms. The molecule has 4 heterocycles. The lowest BCUT2D eigenvalue weighted by molar-refractivity contribution is 0.104. The van der Waals surface area contributed by atoms with Gasteiger partial charge >= 0.3 is 0 Å². The first-order chi connectivity index (χ1) is 13.8. The molecule has 1 unspecified atom stereocenters. The Labute approximate surface area is 169 Å². The third-order valence-corrected chi connectivity index (χ3v) is 7.03. The molecule has 1 aliphatic carbocycles. The molecule has 6 heteroatoms. The Bertz CT molecular complexity index is 972. The maximum Gasteiger partial charge on any atom is 0.164 e. The van der Waals surface area contributed by atoms with Gasteiger partial charge in [-0.25, -0.2) is 9.97 Å². The zero-order valence-corrected chi connectivity index (χ0v) is 17.2. The number of fused-ring (bicyclic) bond motifs is 3. The smallest absolute Gasteiger partial charge is 0.164 e. The van der Waals surface area contributed by atoms with Gasteiger partial charge < -0.3 is 9.64 Å². The van der Waals surface area contributed by atoms with Crippen LogP contribution >= 0.6 is 11.3 Å². The zero-order chi connectivity index (χ0) is 18.9. The van der Waals surface area contributed by atoms with Crippen molar-refractivity contribution in [3.63, 3.8) is 0 Å². The van der Waals surface area contributed by atoms with Gasteiger partial charge in [-0.1, -0.05) is 0 Å². The van der Waals surface area contributed by atoms with E-state index in [-0.39, 0.29) is 0 Å². The summed E-state index contributed by atoms with van der Waals surface area (Å²) in [7, 11) is 0. The van der Waals surface area contributed by atoms with Gasteiger partial charge in [0.05, 0.1) is 12.0 Å². The van der Waals surface area contributed by atoms with E-state index in [9.17, 15) is 0 Å². The molecule has 3 aromatic heterocycles. The van der Waals surface area contributed by atoms with Crippen LogP contribution in [0.1, 0.15) is 36.6 Å². The summed E-state index contributed by atoms with van der Waals surface area (Å²) in [5.41, 5.74) is 2.49. The van der Waals surface area contributed by atoms with Crippen molar-refractivity contribution in [2.75, 3.05) is 31.2 Å². The lowest BCUT2D eigenvalue weighted by Crippen LogP contribution is -2.38. The minimum atomic E-state index is 0.576. The second-order valence-corrected chi connectivity index (χ2v) is 8.85.